The Kier molecular flexibility index (Phi) is 3.57. The Morgan fingerprint density at radius 3 is 2.83 bits per heavy atom. The van der Waals surface area contributed by atoms with Gasteiger partial charge in [0.1, 0.15) is 5.82 Å². The van der Waals surface area contributed by atoms with Crippen LogP contribution in [0, 0.1) is 6.92 Å². The minimum Gasteiger partial charge on any atom is -0.328 e. The monoisotopic (exact) mass is 307 g/mol. The number of anilines is 1. The van der Waals surface area contributed by atoms with Gasteiger partial charge in [-0.1, -0.05) is 0 Å². The van der Waals surface area contributed by atoms with Crippen molar-refractivity contribution in [3.05, 3.63) is 56.5 Å². The number of pyridine rings is 2. The Hall–Kier alpha value is -1.95. The number of carbonyl (C=O) groups excluding carboxylic acids is 1. The zero-order chi connectivity index (χ0) is 13.1. The molecule has 18 heavy (non-hydrogen) atoms. The molecule has 0 aliphatic heterocycles. The van der Waals surface area contributed by atoms with Crippen LogP contribution in [0.1, 0.15) is 15.9 Å². The molecule has 0 aromatic carbocycles. The summed E-state index contributed by atoms with van der Waals surface area (Å²) in [6, 6.07) is 4.52. The van der Waals surface area contributed by atoms with Crippen molar-refractivity contribution >= 4 is 27.7 Å². The summed E-state index contributed by atoms with van der Waals surface area (Å²) in [4.78, 5) is 29.2. The number of aryl methyl sites for hydroxylation is 1. The van der Waals surface area contributed by atoms with Crippen molar-refractivity contribution in [3.63, 3.8) is 0 Å². The van der Waals surface area contributed by atoms with E-state index in [-0.39, 0.29) is 11.5 Å². The average molecular weight is 308 g/mol. The van der Waals surface area contributed by atoms with Crippen LogP contribution in [0.25, 0.3) is 0 Å². The Labute approximate surface area is 111 Å². The molecule has 2 aromatic rings. The quantitative estimate of drug-likeness (QED) is 0.892. The molecule has 6 heteroatoms. The first-order chi connectivity index (χ1) is 8.56. The fourth-order valence-electron chi connectivity index (χ4n) is 1.35. The second-order valence-corrected chi connectivity index (χ2v) is 4.57. The third-order valence-corrected chi connectivity index (χ3v) is 3.17. The van der Waals surface area contributed by atoms with E-state index in [2.05, 4.69) is 31.2 Å². The van der Waals surface area contributed by atoms with Crippen molar-refractivity contribution in [2.24, 2.45) is 0 Å². The average Bonchev–Trinajstić information content (AvgIpc) is 2.34. The molecule has 0 saturated heterocycles. The van der Waals surface area contributed by atoms with Crippen LogP contribution in [-0.2, 0) is 0 Å². The fourth-order valence-corrected chi connectivity index (χ4v) is 1.56. The maximum atomic E-state index is 11.8. The molecule has 2 aromatic heterocycles. The van der Waals surface area contributed by atoms with Crippen LogP contribution < -0.4 is 10.9 Å². The fraction of sp³-hybridized carbons (Fsp3) is 0.0833. The number of aromatic amines is 1. The van der Waals surface area contributed by atoms with Crippen LogP contribution in [0.15, 0.2) is 39.9 Å². The maximum Gasteiger partial charge on any atom is 0.258 e. The van der Waals surface area contributed by atoms with E-state index in [1.165, 1.54) is 18.3 Å². The van der Waals surface area contributed by atoms with Gasteiger partial charge in [0.25, 0.3) is 5.91 Å². The van der Waals surface area contributed by atoms with E-state index in [1.807, 2.05) is 6.92 Å². The van der Waals surface area contributed by atoms with E-state index >= 15 is 0 Å². The lowest BCUT2D eigenvalue weighted by molar-refractivity contribution is 0.102. The van der Waals surface area contributed by atoms with Gasteiger partial charge in [-0.25, -0.2) is 4.98 Å². The molecule has 5 nitrogen and oxygen atoms in total. The van der Waals surface area contributed by atoms with Crippen LogP contribution >= 0.6 is 15.9 Å². The van der Waals surface area contributed by atoms with E-state index in [0.717, 1.165) is 10.0 Å². The molecule has 0 spiro atoms. The number of halogens is 1. The summed E-state index contributed by atoms with van der Waals surface area (Å²) in [6.45, 7) is 1.90. The standard InChI is InChI=1S/C12H10BrN3O2/c1-7-4-10(14-6-9(7)13)16-12(18)8-2-3-11(17)15-5-8/h2-6H,1H3,(H,15,17)(H,14,16,18). The van der Waals surface area contributed by atoms with Crippen molar-refractivity contribution in [1.82, 2.24) is 9.97 Å². The van der Waals surface area contributed by atoms with E-state index in [0.29, 0.717) is 11.4 Å². The topological polar surface area (TPSA) is 74.8 Å². The van der Waals surface area contributed by atoms with Crippen LogP contribution in [0.5, 0.6) is 0 Å². The Morgan fingerprint density at radius 1 is 1.44 bits per heavy atom. The van der Waals surface area contributed by atoms with Crippen LogP contribution in [0.2, 0.25) is 0 Å². The van der Waals surface area contributed by atoms with Crippen molar-refractivity contribution in [2.75, 3.05) is 5.32 Å². The van der Waals surface area contributed by atoms with E-state index < -0.39 is 0 Å². The van der Waals surface area contributed by atoms with Gasteiger partial charge in [-0.3, -0.25) is 9.59 Å². The van der Waals surface area contributed by atoms with Gasteiger partial charge in [0.05, 0.1) is 5.56 Å². The number of H-pyrrole nitrogens is 1. The molecule has 2 N–H and O–H groups in total. The molecule has 1 amide bonds. The zero-order valence-electron chi connectivity index (χ0n) is 9.53. The minimum absolute atomic E-state index is 0.246. The van der Waals surface area contributed by atoms with Gasteiger partial charge < -0.3 is 10.3 Å². The van der Waals surface area contributed by atoms with E-state index in [9.17, 15) is 9.59 Å². The van der Waals surface area contributed by atoms with Gasteiger partial charge >= 0.3 is 0 Å². The molecule has 0 saturated carbocycles. The smallest absolute Gasteiger partial charge is 0.258 e. The van der Waals surface area contributed by atoms with Gasteiger partial charge in [0, 0.05) is 22.9 Å². The summed E-state index contributed by atoms with van der Waals surface area (Å²) < 4.78 is 0.879. The van der Waals surface area contributed by atoms with Crippen LogP contribution in [0.4, 0.5) is 5.82 Å². The number of hydrogen-bond acceptors (Lipinski definition) is 3. The zero-order valence-corrected chi connectivity index (χ0v) is 11.1. The number of amides is 1. The van der Waals surface area contributed by atoms with Crippen LogP contribution in [0.3, 0.4) is 0 Å². The largest absolute Gasteiger partial charge is 0.328 e. The van der Waals surface area contributed by atoms with Gasteiger partial charge in [-0.05, 0) is 40.5 Å². The molecule has 2 rings (SSSR count). The number of nitrogens with one attached hydrogen (secondary N) is 2. The van der Waals surface area contributed by atoms with Gasteiger partial charge in [-0.15, -0.1) is 0 Å². The molecule has 2 heterocycles. The van der Waals surface area contributed by atoms with Crippen LogP contribution in [-0.4, -0.2) is 15.9 Å². The first kappa shape index (κ1) is 12.5. The number of carbonyl (C=O) groups is 1. The maximum absolute atomic E-state index is 11.8. The molecular formula is C12H10BrN3O2. The lowest BCUT2D eigenvalue weighted by Gasteiger charge is -2.05. The van der Waals surface area contributed by atoms with Gasteiger partial charge in [-0.2, -0.15) is 0 Å². The predicted octanol–water partition coefficient (Wildman–Crippen LogP) is 2.09. The summed E-state index contributed by atoms with van der Waals surface area (Å²) in [5, 5.41) is 2.65. The molecule has 0 unspecified atom stereocenters. The first-order valence-corrected chi connectivity index (χ1v) is 5.98. The highest BCUT2D eigenvalue weighted by molar-refractivity contribution is 9.10. The van der Waals surface area contributed by atoms with E-state index in [4.69, 9.17) is 0 Å². The number of hydrogen-bond donors (Lipinski definition) is 2. The second kappa shape index (κ2) is 5.14. The molecule has 92 valence electrons. The van der Waals surface area contributed by atoms with Gasteiger partial charge in [0.15, 0.2) is 0 Å². The second-order valence-electron chi connectivity index (χ2n) is 3.71. The Morgan fingerprint density at radius 2 is 2.22 bits per heavy atom. The molecule has 0 radical (unpaired) electrons. The lowest BCUT2D eigenvalue weighted by Crippen LogP contribution is -2.15. The summed E-state index contributed by atoms with van der Waals surface area (Å²) in [5.41, 5.74) is 1.10. The summed E-state index contributed by atoms with van der Waals surface area (Å²) >= 11 is 3.33. The highest BCUT2D eigenvalue weighted by atomic mass is 79.9. The summed E-state index contributed by atoms with van der Waals surface area (Å²) in [5.74, 6) is 0.146. The molecule has 0 fully saturated rings. The Balaban J connectivity index is 2.18. The Bertz CT molecular complexity index is 632. The van der Waals surface area contributed by atoms with E-state index in [1.54, 1.807) is 12.3 Å². The third kappa shape index (κ3) is 2.84. The van der Waals surface area contributed by atoms with Crippen molar-refractivity contribution in [2.45, 2.75) is 6.92 Å². The normalized spacial score (nSPS) is 10.1. The third-order valence-electron chi connectivity index (χ3n) is 2.33. The summed E-state index contributed by atoms with van der Waals surface area (Å²) in [7, 11) is 0. The van der Waals surface area contributed by atoms with Crippen molar-refractivity contribution in [3.8, 4) is 0 Å². The van der Waals surface area contributed by atoms with Crippen molar-refractivity contribution in [1.29, 1.82) is 0 Å². The minimum atomic E-state index is -0.319. The SMILES string of the molecule is Cc1cc(NC(=O)c2ccc(=O)[nH]c2)ncc1Br. The predicted molar refractivity (Wildman–Crippen MR) is 71.7 cm³/mol. The number of rotatable bonds is 2. The molecule has 0 atom stereocenters. The lowest BCUT2D eigenvalue weighted by atomic mass is 10.2. The highest BCUT2D eigenvalue weighted by Crippen LogP contribution is 2.17. The molecule has 0 aliphatic carbocycles. The highest BCUT2D eigenvalue weighted by Gasteiger charge is 2.07. The molecular weight excluding hydrogens is 298 g/mol. The van der Waals surface area contributed by atoms with Crippen molar-refractivity contribution < 1.29 is 4.79 Å². The first-order valence-electron chi connectivity index (χ1n) is 5.18. The number of nitrogens with zero attached hydrogens (tertiary/aromatic N) is 1. The van der Waals surface area contributed by atoms with Gasteiger partial charge in [0.2, 0.25) is 5.56 Å². The molecule has 0 aliphatic rings. The number of aromatic nitrogens is 2. The molecule has 0 bridgehead atoms. The summed E-state index contributed by atoms with van der Waals surface area (Å²) in [6.07, 6.45) is 2.99.